The third-order valence-electron chi connectivity index (χ3n) is 7.21. The van der Waals surface area contributed by atoms with Crippen LogP contribution in [0.4, 0.5) is 0 Å². The maximum atomic E-state index is 11.9. The molecule has 2 heterocycles. The van der Waals surface area contributed by atoms with Crippen LogP contribution in [0, 0.1) is 13.8 Å². The number of likely N-dealkylation sites (tertiary alicyclic amines) is 2. The largest absolute Gasteiger partial charge is 0.494 e. The minimum absolute atomic E-state index is 0.283. The minimum Gasteiger partial charge on any atom is -0.494 e. The van der Waals surface area contributed by atoms with Crippen molar-refractivity contribution >= 4 is 5.91 Å². The Hall–Kier alpha value is -2.57. The predicted molar refractivity (Wildman–Crippen MR) is 138 cm³/mol. The maximum absolute atomic E-state index is 11.9. The van der Waals surface area contributed by atoms with E-state index in [1.165, 1.54) is 11.1 Å². The molecule has 0 radical (unpaired) electrons. The van der Waals surface area contributed by atoms with Crippen LogP contribution in [0.25, 0.3) is 0 Å². The van der Waals surface area contributed by atoms with Crippen LogP contribution in [0.5, 0.6) is 11.5 Å². The zero-order valence-corrected chi connectivity index (χ0v) is 21.3. The molecule has 2 saturated heterocycles. The molecule has 0 spiro atoms. The molecule has 6 heteroatoms. The Morgan fingerprint density at radius 3 is 2.46 bits per heavy atom. The monoisotopic (exact) mass is 480 g/mol. The van der Waals surface area contributed by atoms with E-state index in [2.05, 4.69) is 30.0 Å². The summed E-state index contributed by atoms with van der Waals surface area (Å²) in [6, 6.07) is 14.4. The number of carbonyl (C=O) groups excluding carboxylic acids is 1. The van der Waals surface area contributed by atoms with Gasteiger partial charge in [-0.05, 0) is 75.3 Å². The number of hydrogen-bond donors (Lipinski definition) is 1. The smallest absolute Gasteiger partial charge is 0.222 e. The van der Waals surface area contributed by atoms with Crippen LogP contribution in [0.2, 0.25) is 0 Å². The van der Waals surface area contributed by atoms with E-state index in [-0.39, 0.29) is 5.91 Å². The first-order valence-corrected chi connectivity index (χ1v) is 13.0. The van der Waals surface area contributed by atoms with Crippen molar-refractivity contribution in [1.29, 1.82) is 0 Å². The molecule has 0 unspecified atom stereocenters. The number of ether oxygens (including phenoxy) is 2. The summed E-state index contributed by atoms with van der Waals surface area (Å²) in [6.07, 6.45) is 5.11. The van der Waals surface area contributed by atoms with E-state index in [1.807, 2.05) is 36.1 Å². The number of aliphatic hydroxyl groups is 1. The molecule has 0 bridgehead atoms. The maximum Gasteiger partial charge on any atom is 0.222 e. The molecule has 2 fully saturated rings. The molecule has 190 valence electrons. The highest BCUT2D eigenvalue weighted by molar-refractivity contribution is 5.76. The van der Waals surface area contributed by atoms with Gasteiger partial charge in [-0.2, -0.15) is 0 Å². The summed E-state index contributed by atoms with van der Waals surface area (Å²) in [5.41, 5.74) is 2.79. The molecule has 1 amide bonds. The van der Waals surface area contributed by atoms with Crippen molar-refractivity contribution in [3.05, 3.63) is 59.2 Å². The summed E-state index contributed by atoms with van der Waals surface area (Å²) >= 11 is 0. The second-order valence-corrected chi connectivity index (χ2v) is 10.2. The zero-order valence-electron chi connectivity index (χ0n) is 21.3. The van der Waals surface area contributed by atoms with Gasteiger partial charge in [-0.25, -0.2) is 0 Å². The Morgan fingerprint density at radius 1 is 0.971 bits per heavy atom. The van der Waals surface area contributed by atoms with Gasteiger partial charge in [0.2, 0.25) is 5.91 Å². The van der Waals surface area contributed by atoms with Gasteiger partial charge < -0.3 is 19.5 Å². The van der Waals surface area contributed by atoms with E-state index in [0.717, 1.165) is 69.0 Å². The van der Waals surface area contributed by atoms with Crippen LogP contribution < -0.4 is 9.47 Å². The Kier molecular flexibility index (Phi) is 8.69. The molecule has 6 nitrogen and oxygen atoms in total. The molecular weight excluding hydrogens is 440 g/mol. The van der Waals surface area contributed by atoms with E-state index in [9.17, 15) is 9.90 Å². The molecule has 2 aliphatic rings. The van der Waals surface area contributed by atoms with Gasteiger partial charge in [0.05, 0.1) is 6.61 Å². The fraction of sp³-hybridized carbons (Fsp3) is 0.552. The zero-order chi connectivity index (χ0) is 24.7. The van der Waals surface area contributed by atoms with Crippen molar-refractivity contribution in [2.45, 2.75) is 64.5 Å². The molecule has 35 heavy (non-hydrogen) atoms. The highest BCUT2D eigenvalue weighted by atomic mass is 16.5. The van der Waals surface area contributed by atoms with Crippen LogP contribution in [0.3, 0.4) is 0 Å². The fourth-order valence-electron chi connectivity index (χ4n) is 4.94. The van der Waals surface area contributed by atoms with Gasteiger partial charge in [0.1, 0.15) is 23.7 Å². The lowest BCUT2D eigenvalue weighted by molar-refractivity contribution is -0.133. The van der Waals surface area contributed by atoms with Crippen molar-refractivity contribution in [2.24, 2.45) is 0 Å². The normalized spacial score (nSPS) is 18.5. The van der Waals surface area contributed by atoms with Crippen LogP contribution in [0.15, 0.2) is 42.5 Å². The van der Waals surface area contributed by atoms with E-state index in [1.54, 1.807) is 0 Å². The lowest BCUT2D eigenvalue weighted by atomic mass is 9.92. The number of amides is 1. The molecule has 2 aromatic carbocycles. The standard InChI is InChI=1S/C29H40N2O4/c1-23-7-12-27(24(2)20-23)35-22-29(33)13-17-30(18-14-29)21-25-8-10-26(11-9-25)34-19-5-16-31-15-4-3-6-28(31)32/h7-12,20,33H,3-6,13-19,21-22H2,1-2H3. The van der Waals surface area contributed by atoms with Crippen molar-refractivity contribution in [3.63, 3.8) is 0 Å². The van der Waals surface area contributed by atoms with Crippen molar-refractivity contribution in [2.75, 3.05) is 39.4 Å². The second kappa shape index (κ2) is 11.9. The lowest BCUT2D eigenvalue weighted by Crippen LogP contribution is -2.47. The quantitative estimate of drug-likeness (QED) is 0.508. The van der Waals surface area contributed by atoms with Crippen LogP contribution in [-0.4, -0.2) is 65.8 Å². The first-order chi connectivity index (χ1) is 16.9. The molecule has 4 rings (SSSR count). The van der Waals surface area contributed by atoms with E-state index >= 15 is 0 Å². The first-order valence-electron chi connectivity index (χ1n) is 13.0. The van der Waals surface area contributed by atoms with Gasteiger partial charge in [-0.3, -0.25) is 9.69 Å². The topological polar surface area (TPSA) is 62.2 Å². The molecule has 2 aromatic rings. The highest BCUT2D eigenvalue weighted by Gasteiger charge is 2.33. The van der Waals surface area contributed by atoms with E-state index in [0.29, 0.717) is 32.5 Å². The van der Waals surface area contributed by atoms with Gasteiger partial charge >= 0.3 is 0 Å². The van der Waals surface area contributed by atoms with Gasteiger partial charge in [0.15, 0.2) is 0 Å². The number of carbonyl (C=O) groups is 1. The SMILES string of the molecule is Cc1ccc(OCC2(O)CCN(Cc3ccc(OCCCN4CCCCC4=O)cc3)CC2)c(C)c1. The average Bonchev–Trinajstić information content (AvgIpc) is 2.85. The molecule has 2 aliphatic heterocycles. The first kappa shape index (κ1) is 25.5. The Morgan fingerprint density at radius 2 is 1.74 bits per heavy atom. The summed E-state index contributed by atoms with van der Waals surface area (Å²) in [5, 5.41) is 11.0. The third-order valence-corrected chi connectivity index (χ3v) is 7.21. The van der Waals surface area contributed by atoms with E-state index < -0.39 is 5.60 Å². The minimum atomic E-state index is -0.773. The third kappa shape index (κ3) is 7.45. The van der Waals surface area contributed by atoms with Crippen molar-refractivity contribution < 1.29 is 19.4 Å². The Labute approximate surface area is 209 Å². The number of piperidine rings is 2. The number of rotatable bonds is 10. The van der Waals surface area contributed by atoms with Gasteiger partial charge in [-0.1, -0.05) is 29.8 Å². The molecule has 0 saturated carbocycles. The number of aryl methyl sites for hydroxylation is 2. The summed E-state index contributed by atoms with van der Waals surface area (Å²) in [5.74, 6) is 2.01. The summed E-state index contributed by atoms with van der Waals surface area (Å²) in [4.78, 5) is 16.2. The molecule has 0 atom stereocenters. The molecule has 0 aromatic heterocycles. The van der Waals surface area contributed by atoms with E-state index in [4.69, 9.17) is 9.47 Å². The lowest BCUT2D eigenvalue weighted by Gasteiger charge is -2.38. The molecule has 0 aliphatic carbocycles. The summed E-state index contributed by atoms with van der Waals surface area (Å²) in [7, 11) is 0. The summed E-state index contributed by atoms with van der Waals surface area (Å²) < 4.78 is 11.9. The fourth-order valence-corrected chi connectivity index (χ4v) is 4.94. The van der Waals surface area contributed by atoms with Gasteiger partial charge in [0.25, 0.3) is 0 Å². The molecular formula is C29H40N2O4. The Balaban J connectivity index is 1.15. The average molecular weight is 481 g/mol. The van der Waals surface area contributed by atoms with Gasteiger partial charge in [0, 0.05) is 39.1 Å². The number of benzene rings is 2. The number of nitrogens with zero attached hydrogens (tertiary/aromatic N) is 2. The number of hydrogen-bond acceptors (Lipinski definition) is 5. The second-order valence-electron chi connectivity index (χ2n) is 10.2. The predicted octanol–water partition coefficient (Wildman–Crippen LogP) is 4.49. The Bertz CT molecular complexity index is 967. The van der Waals surface area contributed by atoms with Crippen molar-refractivity contribution in [1.82, 2.24) is 9.80 Å². The van der Waals surface area contributed by atoms with Crippen LogP contribution in [-0.2, 0) is 11.3 Å². The van der Waals surface area contributed by atoms with Crippen LogP contribution >= 0.6 is 0 Å². The van der Waals surface area contributed by atoms with Gasteiger partial charge in [-0.15, -0.1) is 0 Å². The highest BCUT2D eigenvalue weighted by Crippen LogP contribution is 2.27. The van der Waals surface area contributed by atoms with Crippen molar-refractivity contribution in [3.8, 4) is 11.5 Å². The van der Waals surface area contributed by atoms with Crippen LogP contribution in [0.1, 0.15) is 55.2 Å². The molecule has 1 N–H and O–H groups in total. The summed E-state index contributed by atoms with van der Waals surface area (Å²) in [6.45, 7) is 9.31.